The quantitative estimate of drug-likeness (QED) is 0.819. The number of methoxy groups -OCH3 is 2. The molecule has 0 spiro atoms. The Morgan fingerprint density at radius 2 is 2.00 bits per heavy atom. The average molecular weight is 365 g/mol. The maximum Gasteiger partial charge on any atom is 0.414 e. The molecule has 0 aromatic heterocycles. The fourth-order valence-electron chi connectivity index (χ4n) is 3.73. The zero-order valence-corrected chi connectivity index (χ0v) is 16.0. The van der Waals surface area contributed by atoms with Crippen molar-refractivity contribution in [1.29, 1.82) is 5.26 Å². The lowest BCUT2D eigenvalue weighted by Crippen LogP contribution is -2.46. The summed E-state index contributed by atoms with van der Waals surface area (Å²) in [4.78, 5) is 16.1. The summed E-state index contributed by atoms with van der Waals surface area (Å²) in [7, 11) is 4.96. The van der Waals surface area contributed by atoms with Crippen molar-refractivity contribution in [1.82, 2.24) is 0 Å². The van der Waals surface area contributed by atoms with E-state index in [0.717, 1.165) is 23.4 Å². The van der Waals surface area contributed by atoms with Gasteiger partial charge in [0.15, 0.2) is 0 Å². The highest BCUT2D eigenvalue weighted by Crippen LogP contribution is 2.42. The molecule has 2 aromatic carbocycles. The van der Waals surface area contributed by atoms with Gasteiger partial charge in [0.05, 0.1) is 37.2 Å². The average Bonchev–Trinajstić information content (AvgIpc) is 2.71. The fraction of sp³-hybridized carbons (Fsp3) is 0.333. The van der Waals surface area contributed by atoms with Crippen LogP contribution in [0.15, 0.2) is 42.5 Å². The molecule has 6 heteroatoms. The van der Waals surface area contributed by atoms with Gasteiger partial charge >= 0.3 is 6.09 Å². The number of anilines is 2. The molecule has 0 N–H and O–H groups in total. The third-order valence-electron chi connectivity index (χ3n) is 5.10. The minimum atomic E-state index is -0.363. The van der Waals surface area contributed by atoms with Crippen molar-refractivity contribution >= 4 is 17.5 Å². The number of carbonyl (C=O) groups is 1. The van der Waals surface area contributed by atoms with Crippen molar-refractivity contribution in [2.24, 2.45) is 0 Å². The number of hydrogen-bond acceptors (Lipinski definition) is 5. The maximum atomic E-state index is 12.3. The lowest BCUT2D eigenvalue weighted by molar-refractivity contribution is 0.174. The van der Waals surface area contributed by atoms with Gasteiger partial charge in [-0.3, -0.25) is 4.90 Å². The van der Waals surface area contributed by atoms with E-state index in [1.165, 1.54) is 7.11 Å². The molecule has 2 atom stereocenters. The second-order valence-corrected chi connectivity index (χ2v) is 6.61. The number of para-hydroxylation sites is 1. The van der Waals surface area contributed by atoms with Crippen LogP contribution in [0.3, 0.4) is 0 Å². The van der Waals surface area contributed by atoms with Crippen molar-refractivity contribution in [2.45, 2.75) is 25.4 Å². The van der Waals surface area contributed by atoms with Crippen molar-refractivity contribution in [3.05, 3.63) is 53.6 Å². The van der Waals surface area contributed by atoms with E-state index < -0.39 is 0 Å². The number of carbonyl (C=O) groups excluding carboxylic acids is 1. The standard InChI is InChI=1S/C21H23N3O3/c1-14-11-20(17-7-5-6-8-19(17)24(14)21(25)27-4)23(2)18-10-9-16(26-3)12-15(18)13-22/h5-10,12,14,20H,11H2,1-4H3/t14-,20+/m1/s1. The summed E-state index contributed by atoms with van der Waals surface area (Å²) in [5.74, 6) is 0.651. The Morgan fingerprint density at radius 1 is 1.26 bits per heavy atom. The van der Waals surface area contributed by atoms with Gasteiger partial charge in [0.2, 0.25) is 0 Å². The third-order valence-corrected chi connectivity index (χ3v) is 5.10. The van der Waals surface area contributed by atoms with Gasteiger partial charge in [0.25, 0.3) is 0 Å². The van der Waals surface area contributed by atoms with Gasteiger partial charge in [-0.2, -0.15) is 5.26 Å². The van der Waals surface area contributed by atoms with E-state index in [-0.39, 0.29) is 18.2 Å². The van der Waals surface area contributed by atoms with Crippen LogP contribution in [0.5, 0.6) is 5.75 Å². The van der Waals surface area contributed by atoms with E-state index >= 15 is 0 Å². The Kier molecular flexibility index (Phi) is 5.22. The molecule has 0 radical (unpaired) electrons. The Morgan fingerprint density at radius 3 is 2.67 bits per heavy atom. The van der Waals surface area contributed by atoms with Crippen molar-refractivity contribution in [3.8, 4) is 11.8 Å². The normalized spacial score (nSPS) is 18.3. The van der Waals surface area contributed by atoms with Crippen LogP contribution in [0, 0.1) is 11.3 Å². The van der Waals surface area contributed by atoms with Gasteiger partial charge in [0, 0.05) is 13.1 Å². The zero-order valence-electron chi connectivity index (χ0n) is 16.0. The number of rotatable bonds is 3. The van der Waals surface area contributed by atoms with Crippen molar-refractivity contribution < 1.29 is 14.3 Å². The summed E-state index contributed by atoms with van der Waals surface area (Å²) in [6, 6.07) is 15.6. The first kappa shape index (κ1) is 18.6. The van der Waals surface area contributed by atoms with Gasteiger partial charge in [-0.1, -0.05) is 18.2 Å². The zero-order chi connectivity index (χ0) is 19.6. The molecule has 6 nitrogen and oxygen atoms in total. The van der Waals surface area contributed by atoms with Crippen LogP contribution in [0.1, 0.15) is 30.5 Å². The summed E-state index contributed by atoms with van der Waals surface area (Å²) in [5, 5.41) is 9.58. The molecule has 0 aliphatic carbocycles. The monoisotopic (exact) mass is 365 g/mol. The molecule has 0 unspecified atom stereocenters. The molecule has 1 aliphatic rings. The van der Waals surface area contributed by atoms with Crippen molar-refractivity contribution in [3.63, 3.8) is 0 Å². The predicted molar refractivity (Wildman–Crippen MR) is 104 cm³/mol. The predicted octanol–water partition coefficient (Wildman–Crippen LogP) is 4.11. The summed E-state index contributed by atoms with van der Waals surface area (Å²) in [6.45, 7) is 2.01. The second-order valence-electron chi connectivity index (χ2n) is 6.61. The molecule has 1 aliphatic heterocycles. The lowest BCUT2D eigenvalue weighted by Gasteiger charge is -2.42. The largest absolute Gasteiger partial charge is 0.497 e. The van der Waals surface area contributed by atoms with Gasteiger partial charge < -0.3 is 14.4 Å². The van der Waals surface area contributed by atoms with E-state index in [2.05, 4.69) is 11.0 Å². The number of amides is 1. The van der Waals surface area contributed by atoms with Crippen LogP contribution in [0.25, 0.3) is 0 Å². The van der Waals surface area contributed by atoms with Crippen LogP contribution >= 0.6 is 0 Å². The lowest BCUT2D eigenvalue weighted by atomic mass is 9.90. The molecule has 0 fully saturated rings. The maximum absolute atomic E-state index is 12.3. The summed E-state index contributed by atoms with van der Waals surface area (Å²) in [5.41, 5.74) is 3.25. The summed E-state index contributed by atoms with van der Waals surface area (Å²) >= 11 is 0. The van der Waals surface area contributed by atoms with Gasteiger partial charge in [-0.15, -0.1) is 0 Å². The molecule has 0 bridgehead atoms. The molecule has 27 heavy (non-hydrogen) atoms. The molecule has 140 valence electrons. The Balaban J connectivity index is 2.05. The highest BCUT2D eigenvalue weighted by molar-refractivity contribution is 5.90. The van der Waals surface area contributed by atoms with Crippen LogP contribution in [0.4, 0.5) is 16.2 Å². The van der Waals surface area contributed by atoms with E-state index in [9.17, 15) is 10.1 Å². The molecule has 2 aromatic rings. The van der Waals surface area contributed by atoms with E-state index in [4.69, 9.17) is 9.47 Å². The fourth-order valence-corrected chi connectivity index (χ4v) is 3.73. The molecular formula is C21H23N3O3. The summed E-state index contributed by atoms with van der Waals surface area (Å²) < 4.78 is 10.2. The first-order valence-corrected chi connectivity index (χ1v) is 8.78. The molecule has 0 saturated carbocycles. The highest BCUT2D eigenvalue weighted by Gasteiger charge is 2.36. The molecule has 3 rings (SSSR count). The molecule has 1 amide bonds. The summed E-state index contributed by atoms with van der Waals surface area (Å²) in [6.07, 6.45) is 0.359. The number of fused-ring (bicyclic) bond motifs is 1. The Hall–Kier alpha value is -3.20. The number of nitriles is 1. The minimum Gasteiger partial charge on any atom is -0.497 e. The highest BCUT2D eigenvalue weighted by atomic mass is 16.5. The van der Waals surface area contributed by atoms with Crippen LogP contribution in [0.2, 0.25) is 0 Å². The van der Waals surface area contributed by atoms with E-state index in [0.29, 0.717) is 11.3 Å². The van der Waals surface area contributed by atoms with E-state index in [1.807, 2.05) is 50.4 Å². The second kappa shape index (κ2) is 7.58. The first-order chi connectivity index (χ1) is 13.0. The van der Waals surface area contributed by atoms with Gasteiger partial charge in [-0.05, 0) is 43.2 Å². The smallest absolute Gasteiger partial charge is 0.414 e. The number of benzene rings is 2. The first-order valence-electron chi connectivity index (χ1n) is 8.78. The van der Waals surface area contributed by atoms with Gasteiger partial charge in [-0.25, -0.2) is 4.79 Å². The van der Waals surface area contributed by atoms with Crippen LogP contribution < -0.4 is 14.5 Å². The SMILES string of the molecule is COC(=O)N1c2ccccc2[C@@H](N(C)c2ccc(OC)cc2C#N)C[C@H]1C. The number of nitrogens with zero attached hydrogens (tertiary/aromatic N) is 3. The Bertz CT molecular complexity index is 890. The van der Waals surface area contributed by atoms with Crippen LogP contribution in [-0.4, -0.2) is 33.4 Å². The minimum absolute atomic E-state index is 0.0256. The molecular weight excluding hydrogens is 342 g/mol. The topological polar surface area (TPSA) is 65.8 Å². The number of ether oxygens (including phenoxy) is 2. The number of hydrogen-bond donors (Lipinski definition) is 0. The third kappa shape index (κ3) is 3.28. The van der Waals surface area contributed by atoms with E-state index in [1.54, 1.807) is 18.1 Å². The molecule has 1 heterocycles. The molecule has 0 saturated heterocycles. The van der Waals surface area contributed by atoms with Gasteiger partial charge in [0.1, 0.15) is 11.8 Å². The van der Waals surface area contributed by atoms with Crippen LogP contribution in [-0.2, 0) is 4.74 Å². The van der Waals surface area contributed by atoms with Crippen molar-refractivity contribution in [2.75, 3.05) is 31.1 Å². The Labute approximate surface area is 159 Å².